The summed E-state index contributed by atoms with van der Waals surface area (Å²) >= 11 is 2.83. The zero-order valence-corrected chi connectivity index (χ0v) is 31.2. The monoisotopic (exact) mass is 755 g/mol. The van der Waals surface area contributed by atoms with E-state index in [9.17, 15) is 4.11 Å². The van der Waals surface area contributed by atoms with Gasteiger partial charge in [0, 0.05) is 57.0 Å². The molecule has 0 aliphatic heterocycles. The van der Waals surface area contributed by atoms with Gasteiger partial charge in [-0.2, -0.15) is 0 Å². The van der Waals surface area contributed by atoms with E-state index in [-0.39, 0.29) is 47.6 Å². The molecule has 0 saturated carbocycles. The van der Waals surface area contributed by atoms with Crippen LogP contribution in [0, 0.1) is 0 Å². The van der Waals surface area contributed by atoms with Crippen LogP contribution in [0.4, 0.5) is 0 Å². The topological polar surface area (TPSA) is 38.7 Å². The van der Waals surface area contributed by atoms with Crippen LogP contribution in [-0.2, 0) is 0 Å². The van der Waals surface area contributed by atoms with Crippen LogP contribution in [-0.4, -0.2) is 15.0 Å². The maximum atomic E-state index is 9.79. The number of aromatic nitrogens is 3. The largest absolute Gasteiger partial charge is 0.208 e. The molecule has 262 valence electrons. The summed E-state index contributed by atoms with van der Waals surface area (Å²) in [5, 5.41) is 2.78. The third-order valence-corrected chi connectivity index (χ3v) is 12.2. The third kappa shape index (κ3) is 5.68. The second-order valence-corrected chi connectivity index (χ2v) is 15.6. The molecule has 3 heterocycles. The summed E-state index contributed by atoms with van der Waals surface area (Å²) in [7, 11) is 0. The van der Waals surface area contributed by atoms with Crippen molar-refractivity contribution in [1.82, 2.24) is 15.0 Å². The zero-order valence-electron chi connectivity index (χ0n) is 35.6. The van der Waals surface area contributed by atoms with E-state index < -0.39 is 0 Å². The fraction of sp³-hybridized carbons (Fsp3) is 0. The molecular formula is C51H31N3S2. The quantitative estimate of drug-likeness (QED) is 0.170. The molecule has 0 unspecified atom stereocenters. The van der Waals surface area contributed by atoms with Crippen molar-refractivity contribution in [3.8, 4) is 67.5 Å². The first kappa shape index (κ1) is 26.9. The van der Waals surface area contributed by atoms with Gasteiger partial charge in [-0.1, -0.05) is 158 Å². The fourth-order valence-electron chi connectivity index (χ4n) is 7.39. The molecule has 0 aliphatic carbocycles. The molecule has 3 aromatic heterocycles. The Bertz CT molecular complexity index is 3580. The van der Waals surface area contributed by atoms with E-state index in [1.54, 1.807) is 11.3 Å². The molecule has 11 rings (SSSR count). The lowest BCUT2D eigenvalue weighted by Crippen LogP contribution is -2.00. The Morgan fingerprint density at radius 2 is 0.929 bits per heavy atom. The van der Waals surface area contributed by atoms with E-state index in [4.69, 9.17) is 19.1 Å². The molecule has 0 radical (unpaired) electrons. The highest BCUT2D eigenvalue weighted by atomic mass is 32.1. The maximum Gasteiger partial charge on any atom is 0.164 e. The first-order valence-electron chi connectivity index (χ1n) is 21.2. The fourth-order valence-corrected chi connectivity index (χ4v) is 9.58. The number of benzene rings is 8. The number of fused-ring (bicyclic) bond motifs is 6. The number of rotatable bonds is 6. The van der Waals surface area contributed by atoms with E-state index in [0.717, 1.165) is 59.3 Å². The molecule has 0 amide bonds. The van der Waals surface area contributed by atoms with E-state index in [0.29, 0.717) is 48.5 Å². The second kappa shape index (κ2) is 13.5. The van der Waals surface area contributed by atoms with Gasteiger partial charge in [-0.3, -0.25) is 0 Å². The van der Waals surface area contributed by atoms with Gasteiger partial charge in [-0.25, -0.2) is 15.0 Å². The predicted octanol–water partition coefficient (Wildman–Crippen LogP) is 14.6. The average molecular weight is 756 g/mol. The number of hydrogen-bond donors (Lipinski definition) is 0. The first-order chi connectivity index (χ1) is 30.2. The van der Waals surface area contributed by atoms with Gasteiger partial charge in [0.15, 0.2) is 17.5 Å². The maximum absolute atomic E-state index is 9.79. The third-order valence-electron chi connectivity index (χ3n) is 10.1. The van der Waals surface area contributed by atoms with Gasteiger partial charge < -0.3 is 0 Å². The van der Waals surface area contributed by atoms with Crippen LogP contribution in [0.15, 0.2) is 188 Å². The summed E-state index contributed by atoms with van der Waals surface area (Å²) in [5.74, 6) is 0.791. The Labute approximate surface area is 340 Å². The molecule has 11 aromatic rings. The molecular weight excluding hydrogens is 719 g/mol. The SMILES string of the molecule is [2H]c1c([2H])c(-c2ccccc2)c2c(sc3c([2H])c(-c4nc(-c5ccc(-c6ccccc6)cc5)nc(-c5cc(-c6ccccc6)cc6sc7ccccc7c56)n4)c([2H])c([2H])c32)c1[2H]. The summed E-state index contributed by atoms with van der Waals surface area (Å²) < 4.78 is 58.5. The average Bonchev–Trinajstić information content (AvgIpc) is 3.91. The molecule has 0 atom stereocenters. The van der Waals surface area contributed by atoms with Gasteiger partial charge in [0.1, 0.15) is 0 Å². The van der Waals surface area contributed by atoms with Crippen molar-refractivity contribution in [2.75, 3.05) is 0 Å². The highest BCUT2D eigenvalue weighted by Gasteiger charge is 2.20. The minimum Gasteiger partial charge on any atom is -0.208 e. The van der Waals surface area contributed by atoms with E-state index >= 15 is 0 Å². The van der Waals surface area contributed by atoms with Crippen LogP contribution < -0.4 is 0 Å². The van der Waals surface area contributed by atoms with Crippen molar-refractivity contribution in [3.05, 3.63) is 188 Å². The lowest BCUT2D eigenvalue weighted by Gasteiger charge is -2.12. The van der Waals surface area contributed by atoms with Gasteiger partial charge in [0.25, 0.3) is 0 Å². The molecule has 0 N–H and O–H groups in total. The zero-order chi connectivity index (χ0) is 42.2. The molecule has 5 heteroatoms. The predicted molar refractivity (Wildman–Crippen MR) is 238 cm³/mol. The van der Waals surface area contributed by atoms with Gasteiger partial charge in [-0.15, -0.1) is 22.7 Å². The van der Waals surface area contributed by atoms with Gasteiger partial charge in [-0.05, 0) is 63.7 Å². The van der Waals surface area contributed by atoms with Crippen LogP contribution in [0.5, 0.6) is 0 Å². The van der Waals surface area contributed by atoms with Crippen molar-refractivity contribution in [3.63, 3.8) is 0 Å². The van der Waals surface area contributed by atoms with Crippen LogP contribution in [0.3, 0.4) is 0 Å². The van der Waals surface area contributed by atoms with Crippen LogP contribution in [0.25, 0.3) is 108 Å². The smallest absolute Gasteiger partial charge is 0.164 e. The van der Waals surface area contributed by atoms with Crippen LogP contribution >= 0.6 is 22.7 Å². The molecule has 0 bridgehead atoms. The summed E-state index contributed by atoms with van der Waals surface area (Å²) in [5.41, 5.74) is 6.73. The number of thiophene rings is 2. The Kier molecular flexibility index (Phi) is 6.48. The highest BCUT2D eigenvalue weighted by molar-refractivity contribution is 7.26. The molecule has 0 saturated heterocycles. The van der Waals surface area contributed by atoms with Crippen molar-refractivity contribution in [2.24, 2.45) is 0 Å². The molecule has 56 heavy (non-hydrogen) atoms. The molecule has 0 aliphatic rings. The second-order valence-electron chi connectivity index (χ2n) is 13.5. The highest BCUT2D eigenvalue weighted by Crippen LogP contribution is 2.44. The normalized spacial score (nSPS) is 13.1. The number of nitrogens with zero attached hydrogens (tertiary/aromatic N) is 3. The molecule has 0 spiro atoms. The van der Waals surface area contributed by atoms with E-state index in [1.165, 1.54) is 0 Å². The Morgan fingerprint density at radius 3 is 1.68 bits per heavy atom. The molecule has 0 fully saturated rings. The lowest BCUT2D eigenvalue weighted by molar-refractivity contribution is 1.08. The van der Waals surface area contributed by atoms with Crippen LogP contribution in [0.1, 0.15) is 8.22 Å². The lowest BCUT2D eigenvalue weighted by atomic mass is 9.98. The summed E-state index contributed by atoms with van der Waals surface area (Å²) in [4.78, 5) is 15.3. The van der Waals surface area contributed by atoms with Crippen molar-refractivity contribution in [2.45, 2.75) is 0 Å². The Morgan fingerprint density at radius 1 is 0.357 bits per heavy atom. The summed E-state index contributed by atoms with van der Waals surface area (Å²) in [6.07, 6.45) is 0. The number of hydrogen-bond acceptors (Lipinski definition) is 5. The summed E-state index contributed by atoms with van der Waals surface area (Å²) in [6, 6.07) is 49.0. The van der Waals surface area contributed by atoms with E-state index in [1.807, 2.05) is 103 Å². The van der Waals surface area contributed by atoms with Gasteiger partial charge in [0.2, 0.25) is 0 Å². The summed E-state index contributed by atoms with van der Waals surface area (Å²) in [6.45, 7) is 0. The van der Waals surface area contributed by atoms with Gasteiger partial charge in [0.05, 0.1) is 8.22 Å². The standard InChI is InChI=1S/C51H31N3S2/c1-4-13-32(14-5-1)34-23-25-36(26-24-34)49-52-50(37-27-28-41-45(30-37)56-44-22-12-20-39(47(41)44)35-17-8-3-9-18-35)54-51(53-49)42-29-38(33-15-6-2-7-16-33)31-46-48(42)40-19-10-11-21-43(40)55-46/h1-31H/i12D,20D,22D,27D,28D,30D. The minimum atomic E-state index is -0.249. The van der Waals surface area contributed by atoms with E-state index in [2.05, 4.69) is 48.5 Å². The minimum absolute atomic E-state index is 0.0645. The Balaban J connectivity index is 1.21. The van der Waals surface area contributed by atoms with Crippen molar-refractivity contribution < 1.29 is 8.22 Å². The molecule has 8 aromatic carbocycles. The van der Waals surface area contributed by atoms with Crippen molar-refractivity contribution >= 4 is 63.0 Å². The van der Waals surface area contributed by atoms with Crippen molar-refractivity contribution in [1.29, 1.82) is 0 Å². The Hall–Kier alpha value is -6.79. The molecule has 3 nitrogen and oxygen atoms in total. The van der Waals surface area contributed by atoms with Crippen LogP contribution in [0.2, 0.25) is 0 Å². The van der Waals surface area contributed by atoms with Gasteiger partial charge >= 0.3 is 0 Å². The first-order valence-corrected chi connectivity index (χ1v) is 19.8.